The number of carbonyl (C=O) groups is 2. The Bertz CT molecular complexity index is 824. The monoisotopic (exact) mass is 344 g/mol. The summed E-state index contributed by atoms with van der Waals surface area (Å²) in [6.07, 6.45) is -0.0233. The lowest BCUT2D eigenvalue weighted by Gasteiger charge is -2.17. The van der Waals surface area contributed by atoms with Crippen LogP contribution in [0.4, 0.5) is 15.8 Å². The number of nitrogens with one attached hydrogen (secondary N) is 1. The van der Waals surface area contributed by atoms with Crippen LogP contribution in [0.2, 0.25) is 0 Å². The van der Waals surface area contributed by atoms with Crippen molar-refractivity contribution in [3.63, 3.8) is 0 Å². The third-order valence-electron chi connectivity index (χ3n) is 3.95. The van der Waals surface area contributed by atoms with E-state index in [2.05, 4.69) is 5.32 Å². The summed E-state index contributed by atoms with van der Waals surface area (Å²) in [6.45, 7) is 0. The van der Waals surface area contributed by atoms with Gasteiger partial charge in [-0.05, 0) is 30.3 Å². The van der Waals surface area contributed by atoms with Crippen LogP contribution in [0.5, 0.6) is 11.5 Å². The molecule has 1 saturated heterocycles. The van der Waals surface area contributed by atoms with Crippen LogP contribution in [0, 0.1) is 5.82 Å². The number of imide groups is 1. The zero-order valence-corrected chi connectivity index (χ0v) is 13.8. The Morgan fingerprint density at radius 3 is 2.60 bits per heavy atom. The lowest BCUT2D eigenvalue weighted by Crippen LogP contribution is -2.34. The van der Waals surface area contributed by atoms with E-state index in [0.29, 0.717) is 17.2 Å². The Hall–Kier alpha value is -3.09. The van der Waals surface area contributed by atoms with Gasteiger partial charge >= 0.3 is 0 Å². The quantitative estimate of drug-likeness (QED) is 0.845. The van der Waals surface area contributed by atoms with Crippen LogP contribution in [0.15, 0.2) is 42.5 Å². The van der Waals surface area contributed by atoms with E-state index in [1.807, 2.05) is 0 Å². The first kappa shape index (κ1) is 16.8. The summed E-state index contributed by atoms with van der Waals surface area (Å²) in [4.78, 5) is 25.8. The fourth-order valence-electron chi connectivity index (χ4n) is 2.74. The molecule has 0 aromatic heterocycles. The highest BCUT2D eigenvalue weighted by atomic mass is 19.1. The van der Waals surface area contributed by atoms with Gasteiger partial charge in [0.25, 0.3) is 5.91 Å². The number of benzene rings is 2. The van der Waals surface area contributed by atoms with E-state index in [0.717, 1.165) is 11.0 Å². The highest BCUT2D eigenvalue weighted by molar-refractivity contribution is 6.23. The van der Waals surface area contributed by atoms with Crippen molar-refractivity contribution in [2.75, 3.05) is 24.4 Å². The number of halogens is 1. The van der Waals surface area contributed by atoms with Crippen molar-refractivity contribution in [1.29, 1.82) is 0 Å². The molecule has 1 aliphatic rings. The summed E-state index contributed by atoms with van der Waals surface area (Å²) >= 11 is 0. The second-order valence-corrected chi connectivity index (χ2v) is 5.51. The number of amides is 2. The van der Waals surface area contributed by atoms with Gasteiger partial charge in [0.2, 0.25) is 5.91 Å². The van der Waals surface area contributed by atoms with Gasteiger partial charge in [-0.15, -0.1) is 0 Å². The van der Waals surface area contributed by atoms with Crippen LogP contribution in [-0.4, -0.2) is 32.1 Å². The van der Waals surface area contributed by atoms with Gasteiger partial charge in [-0.3, -0.25) is 9.59 Å². The molecule has 1 fully saturated rings. The van der Waals surface area contributed by atoms with Crippen LogP contribution >= 0.6 is 0 Å². The first-order valence-corrected chi connectivity index (χ1v) is 7.64. The zero-order valence-electron chi connectivity index (χ0n) is 13.8. The molecule has 6 nitrogen and oxygen atoms in total. The summed E-state index contributed by atoms with van der Waals surface area (Å²) in [5, 5.41) is 3.02. The van der Waals surface area contributed by atoms with Crippen molar-refractivity contribution in [2.45, 2.75) is 12.5 Å². The Balaban J connectivity index is 1.83. The molecule has 25 heavy (non-hydrogen) atoms. The van der Waals surface area contributed by atoms with E-state index in [-0.39, 0.29) is 18.0 Å². The smallest absolute Gasteiger partial charge is 0.256 e. The maximum atomic E-state index is 13.4. The first-order valence-electron chi connectivity index (χ1n) is 7.64. The Morgan fingerprint density at radius 1 is 1.12 bits per heavy atom. The molecule has 1 atom stereocenters. The van der Waals surface area contributed by atoms with Gasteiger partial charge in [-0.2, -0.15) is 0 Å². The number of carbonyl (C=O) groups excluding carboxylic acids is 2. The second kappa shape index (κ2) is 6.80. The van der Waals surface area contributed by atoms with Crippen molar-refractivity contribution in [1.82, 2.24) is 0 Å². The molecule has 0 bridgehead atoms. The minimum Gasteiger partial charge on any atom is -0.497 e. The fourth-order valence-corrected chi connectivity index (χ4v) is 2.74. The topological polar surface area (TPSA) is 67.9 Å². The predicted octanol–water partition coefficient (Wildman–Crippen LogP) is 2.59. The molecule has 0 aliphatic carbocycles. The largest absolute Gasteiger partial charge is 0.497 e. The van der Waals surface area contributed by atoms with Gasteiger partial charge < -0.3 is 14.8 Å². The zero-order chi connectivity index (χ0) is 18.0. The van der Waals surface area contributed by atoms with Gasteiger partial charge in [-0.25, -0.2) is 9.29 Å². The molecule has 7 heteroatoms. The third-order valence-corrected chi connectivity index (χ3v) is 3.95. The summed E-state index contributed by atoms with van der Waals surface area (Å²) < 4.78 is 23.8. The third kappa shape index (κ3) is 3.26. The minimum atomic E-state index is -0.752. The number of methoxy groups -OCH3 is 2. The molecule has 130 valence electrons. The summed E-state index contributed by atoms with van der Waals surface area (Å²) in [5.74, 6) is -0.234. The molecule has 1 unspecified atom stereocenters. The SMILES string of the molecule is COc1ccc(NC2CC(=O)N(c3cccc(F)c3)C2=O)c(OC)c1. The molecular formula is C18H17FN2O4. The van der Waals surface area contributed by atoms with Crippen molar-refractivity contribution < 1.29 is 23.5 Å². The number of hydrogen-bond donors (Lipinski definition) is 1. The molecule has 1 heterocycles. The minimum absolute atomic E-state index is 0.0233. The molecule has 2 amide bonds. The Kier molecular flexibility index (Phi) is 4.56. The summed E-state index contributed by atoms with van der Waals surface area (Å²) in [5.41, 5.74) is 0.788. The number of hydrogen-bond acceptors (Lipinski definition) is 5. The fraction of sp³-hybridized carbons (Fsp3) is 0.222. The van der Waals surface area contributed by atoms with Crippen LogP contribution in [0.3, 0.4) is 0 Å². The highest BCUT2D eigenvalue weighted by Gasteiger charge is 2.40. The van der Waals surface area contributed by atoms with E-state index >= 15 is 0 Å². The van der Waals surface area contributed by atoms with Crippen molar-refractivity contribution >= 4 is 23.2 Å². The first-order chi connectivity index (χ1) is 12.0. The average Bonchev–Trinajstić information content (AvgIpc) is 2.88. The highest BCUT2D eigenvalue weighted by Crippen LogP contribution is 2.32. The van der Waals surface area contributed by atoms with Crippen LogP contribution in [0.25, 0.3) is 0 Å². The van der Waals surface area contributed by atoms with Crippen LogP contribution in [-0.2, 0) is 9.59 Å². The number of nitrogens with zero attached hydrogens (tertiary/aromatic N) is 1. The van der Waals surface area contributed by atoms with E-state index < -0.39 is 17.8 Å². The normalized spacial score (nSPS) is 16.9. The molecule has 1 aliphatic heterocycles. The average molecular weight is 344 g/mol. The second-order valence-electron chi connectivity index (χ2n) is 5.51. The number of ether oxygens (including phenoxy) is 2. The Morgan fingerprint density at radius 2 is 1.92 bits per heavy atom. The van der Waals surface area contributed by atoms with E-state index in [1.165, 1.54) is 32.4 Å². The van der Waals surface area contributed by atoms with Crippen molar-refractivity contribution in [2.24, 2.45) is 0 Å². The van der Waals surface area contributed by atoms with Crippen molar-refractivity contribution in [3.8, 4) is 11.5 Å². The maximum Gasteiger partial charge on any atom is 0.256 e. The standard InChI is InChI=1S/C18H17FN2O4/c1-24-13-6-7-14(16(9-13)25-2)20-15-10-17(22)21(18(15)23)12-5-3-4-11(19)8-12/h3-9,15,20H,10H2,1-2H3. The van der Waals surface area contributed by atoms with Crippen LogP contribution in [0.1, 0.15) is 6.42 Å². The van der Waals surface area contributed by atoms with Gasteiger partial charge in [0.15, 0.2) is 0 Å². The van der Waals surface area contributed by atoms with Gasteiger partial charge in [0, 0.05) is 6.07 Å². The molecule has 0 spiro atoms. The van der Waals surface area contributed by atoms with Gasteiger partial charge in [-0.1, -0.05) is 6.07 Å². The summed E-state index contributed by atoms with van der Waals surface area (Å²) in [7, 11) is 3.04. The maximum absolute atomic E-state index is 13.4. The molecular weight excluding hydrogens is 327 g/mol. The predicted molar refractivity (Wildman–Crippen MR) is 90.5 cm³/mol. The molecule has 1 N–H and O–H groups in total. The number of rotatable bonds is 5. The van der Waals surface area contributed by atoms with Crippen molar-refractivity contribution in [3.05, 3.63) is 48.3 Å². The van der Waals surface area contributed by atoms with E-state index in [1.54, 1.807) is 18.2 Å². The summed E-state index contributed by atoms with van der Waals surface area (Å²) in [6, 6.07) is 9.75. The van der Waals surface area contributed by atoms with E-state index in [9.17, 15) is 14.0 Å². The molecule has 2 aromatic rings. The number of anilines is 2. The van der Waals surface area contributed by atoms with Gasteiger partial charge in [0.1, 0.15) is 23.4 Å². The van der Waals surface area contributed by atoms with Crippen LogP contribution < -0.4 is 19.7 Å². The lowest BCUT2D eigenvalue weighted by atomic mass is 10.2. The molecule has 3 rings (SSSR count). The lowest BCUT2D eigenvalue weighted by molar-refractivity contribution is -0.121. The molecule has 2 aromatic carbocycles. The molecule has 0 radical (unpaired) electrons. The van der Waals surface area contributed by atoms with Gasteiger partial charge in [0.05, 0.1) is 32.0 Å². The molecule has 0 saturated carbocycles. The van der Waals surface area contributed by atoms with E-state index in [4.69, 9.17) is 9.47 Å². The Labute approximate surface area is 144 Å².